The lowest BCUT2D eigenvalue weighted by Crippen LogP contribution is -2.41. The van der Waals surface area contributed by atoms with Crippen LogP contribution < -0.4 is 14.8 Å². The van der Waals surface area contributed by atoms with Crippen LogP contribution in [0.25, 0.3) is 0 Å². The molecule has 0 heterocycles. The van der Waals surface area contributed by atoms with E-state index in [-0.39, 0.29) is 5.91 Å². The van der Waals surface area contributed by atoms with Crippen LogP contribution in [0.2, 0.25) is 0 Å². The number of carboxylic acid groups (broad SMARTS) is 1. The Morgan fingerprint density at radius 2 is 1.90 bits per heavy atom. The SMILES string of the molecule is COc1ccc(NC(=O)C2CCC2C(=O)O)c(OC)c1. The molecule has 0 aromatic heterocycles. The van der Waals surface area contributed by atoms with Gasteiger partial charge in [0.2, 0.25) is 5.91 Å². The van der Waals surface area contributed by atoms with E-state index in [2.05, 4.69) is 5.32 Å². The number of rotatable bonds is 5. The van der Waals surface area contributed by atoms with Gasteiger partial charge in [-0.1, -0.05) is 0 Å². The van der Waals surface area contributed by atoms with Gasteiger partial charge in [-0.15, -0.1) is 0 Å². The Hall–Kier alpha value is -2.24. The van der Waals surface area contributed by atoms with Crippen LogP contribution in [0.4, 0.5) is 5.69 Å². The van der Waals surface area contributed by atoms with Gasteiger partial charge in [0, 0.05) is 6.07 Å². The molecule has 1 fully saturated rings. The molecule has 2 atom stereocenters. The van der Waals surface area contributed by atoms with E-state index in [4.69, 9.17) is 14.6 Å². The molecule has 6 nitrogen and oxygen atoms in total. The summed E-state index contributed by atoms with van der Waals surface area (Å²) in [6, 6.07) is 5.03. The third kappa shape index (κ3) is 2.68. The summed E-state index contributed by atoms with van der Waals surface area (Å²) in [7, 11) is 3.03. The molecule has 0 radical (unpaired) electrons. The Morgan fingerprint density at radius 1 is 1.20 bits per heavy atom. The Labute approximate surface area is 116 Å². The van der Waals surface area contributed by atoms with Crippen molar-refractivity contribution in [1.82, 2.24) is 0 Å². The molecule has 0 saturated heterocycles. The van der Waals surface area contributed by atoms with Gasteiger partial charge in [0.15, 0.2) is 0 Å². The summed E-state index contributed by atoms with van der Waals surface area (Å²) in [6.45, 7) is 0. The molecule has 0 aliphatic heterocycles. The predicted molar refractivity (Wildman–Crippen MR) is 72.0 cm³/mol. The molecule has 1 aromatic rings. The van der Waals surface area contributed by atoms with Crippen molar-refractivity contribution in [3.05, 3.63) is 18.2 Å². The van der Waals surface area contributed by atoms with Gasteiger partial charge < -0.3 is 19.9 Å². The number of methoxy groups -OCH3 is 2. The van der Waals surface area contributed by atoms with Crippen molar-refractivity contribution in [2.45, 2.75) is 12.8 Å². The zero-order valence-corrected chi connectivity index (χ0v) is 11.4. The normalized spacial score (nSPS) is 20.7. The van der Waals surface area contributed by atoms with E-state index in [1.165, 1.54) is 7.11 Å². The largest absolute Gasteiger partial charge is 0.497 e. The van der Waals surface area contributed by atoms with E-state index >= 15 is 0 Å². The first-order valence-electron chi connectivity index (χ1n) is 6.32. The summed E-state index contributed by atoms with van der Waals surface area (Å²) in [5.41, 5.74) is 0.509. The maximum absolute atomic E-state index is 12.1. The maximum Gasteiger partial charge on any atom is 0.307 e. The lowest BCUT2D eigenvalue weighted by molar-refractivity contribution is -0.151. The summed E-state index contributed by atoms with van der Waals surface area (Å²) in [4.78, 5) is 23.0. The highest BCUT2D eigenvalue weighted by Gasteiger charge is 2.41. The van der Waals surface area contributed by atoms with E-state index in [9.17, 15) is 9.59 Å². The van der Waals surface area contributed by atoms with Crippen LogP contribution >= 0.6 is 0 Å². The van der Waals surface area contributed by atoms with E-state index < -0.39 is 17.8 Å². The van der Waals surface area contributed by atoms with Gasteiger partial charge in [-0.3, -0.25) is 9.59 Å². The van der Waals surface area contributed by atoms with Crippen LogP contribution in [0.1, 0.15) is 12.8 Å². The number of carboxylic acids is 1. The van der Waals surface area contributed by atoms with Crippen LogP contribution in [0.5, 0.6) is 11.5 Å². The summed E-state index contributed by atoms with van der Waals surface area (Å²) in [5.74, 6) is -1.17. The molecule has 2 N–H and O–H groups in total. The first kappa shape index (κ1) is 14.2. The first-order chi connectivity index (χ1) is 9.56. The first-order valence-corrected chi connectivity index (χ1v) is 6.32. The zero-order chi connectivity index (χ0) is 14.7. The number of carbonyl (C=O) groups is 2. The number of nitrogens with one attached hydrogen (secondary N) is 1. The number of benzene rings is 1. The van der Waals surface area contributed by atoms with Gasteiger partial charge in [0.25, 0.3) is 0 Å². The fourth-order valence-electron chi connectivity index (χ4n) is 2.24. The summed E-state index contributed by atoms with van der Waals surface area (Å²) < 4.78 is 10.3. The quantitative estimate of drug-likeness (QED) is 0.857. The standard InChI is InChI=1S/C14H17NO5/c1-19-8-3-6-11(12(7-8)20-2)15-13(16)9-4-5-10(9)14(17)18/h3,6-7,9-10H,4-5H2,1-2H3,(H,15,16)(H,17,18). The minimum Gasteiger partial charge on any atom is -0.497 e. The second kappa shape index (κ2) is 5.81. The second-order valence-electron chi connectivity index (χ2n) is 4.68. The zero-order valence-electron chi connectivity index (χ0n) is 11.4. The number of ether oxygens (including phenoxy) is 2. The molecule has 1 aromatic carbocycles. The molecule has 1 amide bonds. The fraction of sp³-hybridized carbons (Fsp3) is 0.429. The molecule has 2 unspecified atom stereocenters. The van der Waals surface area contributed by atoms with Gasteiger partial charge in [-0.25, -0.2) is 0 Å². The lowest BCUT2D eigenvalue weighted by Gasteiger charge is -2.32. The number of amides is 1. The van der Waals surface area contributed by atoms with Crippen molar-refractivity contribution >= 4 is 17.6 Å². The van der Waals surface area contributed by atoms with E-state index in [1.807, 2.05) is 0 Å². The van der Waals surface area contributed by atoms with E-state index in [0.717, 1.165) is 0 Å². The average molecular weight is 279 g/mol. The minimum atomic E-state index is -0.918. The van der Waals surface area contributed by atoms with Gasteiger partial charge in [0.05, 0.1) is 31.7 Å². The topological polar surface area (TPSA) is 84.9 Å². The van der Waals surface area contributed by atoms with Crippen molar-refractivity contribution in [2.24, 2.45) is 11.8 Å². The van der Waals surface area contributed by atoms with Crippen LogP contribution in [-0.4, -0.2) is 31.2 Å². The number of anilines is 1. The summed E-state index contributed by atoms with van der Waals surface area (Å²) in [6.07, 6.45) is 1.15. The van der Waals surface area contributed by atoms with Crippen molar-refractivity contribution in [1.29, 1.82) is 0 Å². The van der Waals surface area contributed by atoms with Crippen LogP contribution in [-0.2, 0) is 9.59 Å². The molecule has 108 valence electrons. The molecule has 1 aliphatic rings. The number of carbonyl (C=O) groups excluding carboxylic acids is 1. The van der Waals surface area contributed by atoms with Crippen LogP contribution in [0.3, 0.4) is 0 Å². The van der Waals surface area contributed by atoms with Crippen LogP contribution in [0, 0.1) is 11.8 Å². The molecule has 1 aliphatic carbocycles. The van der Waals surface area contributed by atoms with Gasteiger partial charge in [-0.2, -0.15) is 0 Å². The number of hydrogen-bond donors (Lipinski definition) is 2. The van der Waals surface area contributed by atoms with Gasteiger partial charge >= 0.3 is 5.97 Å². The number of aliphatic carboxylic acids is 1. The lowest BCUT2D eigenvalue weighted by atomic mass is 9.73. The summed E-state index contributed by atoms with van der Waals surface area (Å²) in [5, 5.41) is 11.7. The molecular formula is C14H17NO5. The second-order valence-corrected chi connectivity index (χ2v) is 4.68. The predicted octanol–water partition coefficient (Wildman–Crippen LogP) is 1.75. The third-order valence-corrected chi connectivity index (χ3v) is 3.59. The van der Waals surface area contributed by atoms with Gasteiger partial charge in [-0.05, 0) is 25.0 Å². The molecule has 0 bridgehead atoms. The molecule has 20 heavy (non-hydrogen) atoms. The molecule has 0 spiro atoms. The fourth-order valence-corrected chi connectivity index (χ4v) is 2.24. The monoisotopic (exact) mass is 279 g/mol. The Morgan fingerprint density at radius 3 is 2.40 bits per heavy atom. The molecule has 6 heteroatoms. The Kier molecular flexibility index (Phi) is 4.12. The maximum atomic E-state index is 12.1. The van der Waals surface area contributed by atoms with E-state index in [1.54, 1.807) is 25.3 Å². The van der Waals surface area contributed by atoms with Crippen molar-refractivity contribution in [2.75, 3.05) is 19.5 Å². The average Bonchev–Trinajstić information content (AvgIpc) is 2.37. The minimum absolute atomic E-state index is 0.285. The molecule has 1 saturated carbocycles. The molecule has 2 rings (SSSR count). The third-order valence-electron chi connectivity index (χ3n) is 3.59. The highest BCUT2D eigenvalue weighted by atomic mass is 16.5. The number of hydrogen-bond acceptors (Lipinski definition) is 4. The molecular weight excluding hydrogens is 262 g/mol. The Bertz CT molecular complexity index is 528. The Balaban J connectivity index is 2.10. The highest BCUT2D eigenvalue weighted by molar-refractivity contribution is 5.97. The summed E-state index contributed by atoms with van der Waals surface area (Å²) >= 11 is 0. The van der Waals surface area contributed by atoms with Crippen molar-refractivity contribution < 1.29 is 24.2 Å². The van der Waals surface area contributed by atoms with Crippen molar-refractivity contribution in [3.63, 3.8) is 0 Å². The van der Waals surface area contributed by atoms with Crippen molar-refractivity contribution in [3.8, 4) is 11.5 Å². The van der Waals surface area contributed by atoms with Crippen LogP contribution in [0.15, 0.2) is 18.2 Å². The smallest absolute Gasteiger partial charge is 0.307 e. The van der Waals surface area contributed by atoms with Gasteiger partial charge in [0.1, 0.15) is 11.5 Å². The van der Waals surface area contributed by atoms with E-state index in [0.29, 0.717) is 30.0 Å². The highest BCUT2D eigenvalue weighted by Crippen LogP contribution is 2.36.